The number of aryl methyl sites for hydroxylation is 2. The van der Waals surface area contributed by atoms with E-state index in [4.69, 9.17) is 28.9 Å². The van der Waals surface area contributed by atoms with Gasteiger partial charge in [0, 0.05) is 10.0 Å². The van der Waals surface area contributed by atoms with Crippen molar-refractivity contribution < 1.29 is 0 Å². The molecule has 19 heavy (non-hydrogen) atoms. The van der Waals surface area contributed by atoms with Crippen molar-refractivity contribution in [1.29, 1.82) is 0 Å². The Morgan fingerprint density at radius 3 is 2.53 bits per heavy atom. The first-order chi connectivity index (χ1) is 9.15. The molecule has 0 fully saturated rings. The molecule has 2 N–H and O–H groups in total. The van der Waals surface area contributed by atoms with Crippen molar-refractivity contribution in [1.82, 2.24) is 0 Å². The van der Waals surface area contributed by atoms with E-state index in [1.54, 1.807) is 6.07 Å². The Kier molecular flexibility index (Phi) is 3.53. The minimum atomic E-state index is -0.198. The molecule has 1 aliphatic rings. The zero-order valence-corrected chi connectivity index (χ0v) is 12.0. The maximum Gasteiger partial charge on any atom is 0.0566 e. The predicted molar refractivity (Wildman–Crippen MR) is 81.0 cm³/mol. The van der Waals surface area contributed by atoms with Gasteiger partial charge in [-0.25, -0.2) is 0 Å². The molecule has 0 saturated heterocycles. The summed E-state index contributed by atoms with van der Waals surface area (Å²) in [6.45, 7) is 0. The molecule has 0 amide bonds. The number of hydrogen-bond acceptors (Lipinski definition) is 1. The molecule has 1 unspecified atom stereocenters. The van der Waals surface area contributed by atoms with Crippen LogP contribution in [0, 0.1) is 0 Å². The summed E-state index contributed by atoms with van der Waals surface area (Å²) in [7, 11) is 0. The van der Waals surface area contributed by atoms with Gasteiger partial charge >= 0.3 is 0 Å². The Balaban J connectivity index is 1.97. The summed E-state index contributed by atoms with van der Waals surface area (Å²) < 4.78 is 0. The largest absolute Gasteiger partial charge is 0.320 e. The number of nitrogens with two attached hydrogens (primary N) is 1. The molecule has 1 atom stereocenters. The monoisotopic (exact) mass is 291 g/mol. The third-order valence-corrected chi connectivity index (χ3v) is 4.34. The summed E-state index contributed by atoms with van der Waals surface area (Å²) in [5, 5.41) is 1.26. The number of fused-ring (bicyclic) bond motifs is 1. The third kappa shape index (κ3) is 2.51. The van der Waals surface area contributed by atoms with Crippen molar-refractivity contribution in [2.24, 2.45) is 5.73 Å². The maximum atomic E-state index is 6.33. The topological polar surface area (TPSA) is 26.0 Å². The molecular formula is C16H15Cl2N. The fraction of sp³-hybridized carbons (Fsp3) is 0.250. The molecule has 98 valence electrons. The van der Waals surface area contributed by atoms with E-state index in [-0.39, 0.29) is 6.04 Å². The van der Waals surface area contributed by atoms with Crippen LogP contribution in [-0.4, -0.2) is 0 Å². The molecule has 0 aliphatic heterocycles. The second kappa shape index (κ2) is 5.16. The van der Waals surface area contributed by atoms with Crippen molar-refractivity contribution in [3.8, 4) is 0 Å². The van der Waals surface area contributed by atoms with E-state index in [0.29, 0.717) is 10.0 Å². The van der Waals surface area contributed by atoms with Crippen molar-refractivity contribution >= 4 is 23.2 Å². The minimum Gasteiger partial charge on any atom is -0.320 e. The Bertz CT molecular complexity index is 622. The van der Waals surface area contributed by atoms with Crippen LogP contribution in [0.2, 0.25) is 10.0 Å². The second-order valence-corrected chi connectivity index (χ2v) is 5.87. The van der Waals surface area contributed by atoms with Crippen molar-refractivity contribution in [2.45, 2.75) is 25.3 Å². The lowest BCUT2D eigenvalue weighted by Crippen LogP contribution is -2.12. The number of halogens is 2. The van der Waals surface area contributed by atoms with Gasteiger partial charge in [0.1, 0.15) is 0 Å². The summed E-state index contributed by atoms with van der Waals surface area (Å²) in [6, 6.07) is 11.8. The summed E-state index contributed by atoms with van der Waals surface area (Å²) in [5.74, 6) is 0. The van der Waals surface area contributed by atoms with Crippen molar-refractivity contribution in [3.05, 3.63) is 68.7 Å². The number of hydrogen-bond donors (Lipinski definition) is 1. The summed E-state index contributed by atoms with van der Waals surface area (Å²) in [6.07, 6.45) is 3.59. The number of benzene rings is 2. The lowest BCUT2D eigenvalue weighted by Gasteiger charge is -2.15. The maximum absolute atomic E-state index is 6.33. The lowest BCUT2D eigenvalue weighted by molar-refractivity contribution is 0.867. The zero-order chi connectivity index (χ0) is 13.4. The van der Waals surface area contributed by atoms with Crippen LogP contribution in [0.1, 0.15) is 34.7 Å². The van der Waals surface area contributed by atoms with Crippen LogP contribution in [0.15, 0.2) is 36.4 Å². The molecule has 0 radical (unpaired) electrons. The van der Waals surface area contributed by atoms with Crippen molar-refractivity contribution in [2.75, 3.05) is 0 Å². The first-order valence-electron chi connectivity index (χ1n) is 6.47. The molecule has 3 rings (SSSR count). The van der Waals surface area contributed by atoms with Crippen LogP contribution >= 0.6 is 23.2 Å². The van der Waals surface area contributed by atoms with E-state index in [0.717, 1.165) is 17.5 Å². The van der Waals surface area contributed by atoms with Gasteiger partial charge in [-0.3, -0.25) is 0 Å². The van der Waals surface area contributed by atoms with E-state index in [1.165, 1.54) is 24.0 Å². The molecule has 2 aromatic rings. The van der Waals surface area contributed by atoms with Gasteiger partial charge in [-0.2, -0.15) is 0 Å². The predicted octanol–water partition coefficient (Wildman–Crippen LogP) is 4.53. The average molecular weight is 292 g/mol. The molecule has 0 aromatic heterocycles. The van der Waals surface area contributed by atoms with E-state index < -0.39 is 0 Å². The summed E-state index contributed by atoms with van der Waals surface area (Å²) in [5.41, 5.74) is 11.3. The van der Waals surface area contributed by atoms with E-state index in [1.807, 2.05) is 12.1 Å². The highest BCUT2D eigenvalue weighted by atomic mass is 35.5. The van der Waals surface area contributed by atoms with Crippen LogP contribution in [0.4, 0.5) is 0 Å². The molecule has 1 nitrogen and oxygen atoms in total. The highest BCUT2D eigenvalue weighted by molar-refractivity contribution is 6.35. The zero-order valence-electron chi connectivity index (χ0n) is 10.5. The number of rotatable bonds is 2. The molecule has 3 heteroatoms. The van der Waals surface area contributed by atoms with Crippen LogP contribution in [0.3, 0.4) is 0 Å². The van der Waals surface area contributed by atoms with Crippen LogP contribution in [0.25, 0.3) is 0 Å². The van der Waals surface area contributed by atoms with Crippen LogP contribution in [0.5, 0.6) is 0 Å². The van der Waals surface area contributed by atoms with Gasteiger partial charge in [0.25, 0.3) is 0 Å². The second-order valence-electron chi connectivity index (χ2n) is 5.03. The van der Waals surface area contributed by atoms with Crippen molar-refractivity contribution in [3.63, 3.8) is 0 Å². The first kappa shape index (κ1) is 13.0. The lowest BCUT2D eigenvalue weighted by atomic mass is 9.96. The van der Waals surface area contributed by atoms with Gasteiger partial charge in [0.2, 0.25) is 0 Å². The Labute approximate surface area is 123 Å². The molecule has 2 aromatic carbocycles. The SMILES string of the molecule is NC(c1ccc2c(c1)CCC2)c1ccc(Cl)cc1Cl. The molecule has 0 bridgehead atoms. The molecule has 0 spiro atoms. The molecule has 1 aliphatic carbocycles. The van der Waals surface area contributed by atoms with Gasteiger partial charge in [0.05, 0.1) is 6.04 Å². The van der Waals surface area contributed by atoms with Gasteiger partial charge < -0.3 is 5.73 Å². The minimum absolute atomic E-state index is 0.198. The standard InChI is InChI=1S/C16H15Cl2N/c17-13-6-7-14(15(18)9-13)16(19)12-5-4-10-2-1-3-11(10)8-12/h4-9,16H,1-3,19H2. The van der Waals surface area contributed by atoms with Gasteiger partial charge in [-0.1, -0.05) is 47.5 Å². The average Bonchev–Trinajstić information content (AvgIpc) is 2.85. The highest BCUT2D eigenvalue weighted by Gasteiger charge is 2.16. The van der Waals surface area contributed by atoms with Gasteiger partial charge in [-0.05, 0) is 53.6 Å². The summed E-state index contributed by atoms with van der Waals surface area (Å²) in [4.78, 5) is 0. The quantitative estimate of drug-likeness (QED) is 0.864. The summed E-state index contributed by atoms with van der Waals surface area (Å²) >= 11 is 12.1. The smallest absolute Gasteiger partial charge is 0.0566 e. The van der Waals surface area contributed by atoms with Crippen LogP contribution in [-0.2, 0) is 12.8 Å². The van der Waals surface area contributed by atoms with E-state index in [9.17, 15) is 0 Å². The van der Waals surface area contributed by atoms with Gasteiger partial charge in [0.15, 0.2) is 0 Å². The Morgan fingerprint density at radius 1 is 0.947 bits per heavy atom. The molecular weight excluding hydrogens is 277 g/mol. The fourth-order valence-electron chi connectivity index (χ4n) is 2.72. The van der Waals surface area contributed by atoms with E-state index >= 15 is 0 Å². The normalized spacial score (nSPS) is 15.3. The van der Waals surface area contributed by atoms with Gasteiger partial charge in [-0.15, -0.1) is 0 Å². The molecule has 0 saturated carbocycles. The molecule has 0 heterocycles. The first-order valence-corrected chi connectivity index (χ1v) is 7.23. The fourth-order valence-corrected chi connectivity index (χ4v) is 3.24. The third-order valence-electron chi connectivity index (χ3n) is 3.78. The highest BCUT2D eigenvalue weighted by Crippen LogP contribution is 2.31. The Hall–Kier alpha value is -1.02. The van der Waals surface area contributed by atoms with Crippen LogP contribution < -0.4 is 5.73 Å². The Morgan fingerprint density at radius 2 is 1.74 bits per heavy atom. The van der Waals surface area contributed by atoms with E-state index in [2.05, 4.69) is 18.2 Å².